The van der Waals surface area contributed by atoms with Crippen molar-refractivity contribution in [1.29, 1.82) is 0 Å². The molecule has 0 aromatic heterocycles. The van der Waals surface area contributed by atoms with Crippen molar-refractivity contribution < 1.29 is 25.9 Å². The Labute approximate surface area is 351 Å². The van der Waals surface area contributed by atoms with Crippen molar-refractivity contribution in [2.45, 2.75) is 103 Å². The molecule has 1 unspecified atom stereocenters. The molecule has 2 N–H and O–H groups in total. The van der Waals surface area contributed by atoms with Crippen LogP contribution in [0.4, 0.5) is 11.4 Å². The summed E-state index contributed by atoms with van der Waals surface area (Å²) in [5.74, 6) is -0.191. The highest BCUT2D eigenvalue weighted by atomic mass is 32.2. The van der Waals surface area contributed by atoms with E-state index in [0.717, 1.165) is 24.9 Å². The molecular weight excluding hydrogens is 777 g/mol. The van der Waals surface area contributed by atoms with Gasteiger partial charge in [0.05, 0.1) is 17.5 Å². The Morgan fingerprint density at radius 2 is 1.29 bits per heavy atom. The zero-order chi connectivity index (χ0) is 42.3. The van der Waals surface area contributed by atoms with E-state index >= 15 is 0 Å². The molecule has 2 aliphatic heterocycles. The molecule has 7 rings (SSSR count). The van der Waals surface area contributed by atoms with Crippen molar-refractivity contribution in [3.8, 4) is 0 Å². The van der Waals surface area contributed by atoms with Crippen LogP contribution in [0.5, 0.6) is 0 Å². The lowest BCUT2D eigenvalue weighted by Crippen LogP contribution is -2.40. The molecule has 3 aliphatic rings. The summed E-state index contributed by atoms with van der Waals surface area (Å²) in [4.78, 5) is 4.80. The largest absolute Gasteiger partial charge is 0.364 e. The molecule has 4 aromatic rings. The smallest absolute Gasteiger partial charge is 0.264 e. The van der Waals surface area contributed by atoms with E-state index in [9.17, 15) is 25.9 Å². The van der Waals surface area contributed by atoms with E-state index in [4.69, 9.17) is 0 Å². The third-order valence-corrected chi connectivity index (χ3v) is 14.5. The van der Waals surface area contributed by atoms with Crippen LogP contribution in [-0.2, 0) is 31.1 Å². The summed E-state index contributed by atoms with van der Waals surface area (Å²) < 4.78 is 65.1. The van der Waals surface area contributed by atoms with Crippen LogP contribution < -0.4 is 9.80 Å². The predicted octanol–water partition coefficient (Wildman–Crippen LogP) is 11.1. The zero-order valence-corrected chi connectivity index (χ0v) is 37.0. The van der Waals surface area contributed by atoms with Gasteiger partial charge in [-0.2, -0.15) is 16.8 Å². The van der Waals surface area contributed by atoms with Crippen molar-refractivity contribution >= 4 is 53.2 Å². The van der Waals surface area contributed by atoms with Crippen molar-refractivity contribution in [3.05, 3.63) is 131 Å². The first-order chi connectivity index (χ1) is 27.9. The molecule has 1 aliphatic carbocycles. The van der Waals surface area contributed by atoms with E-state index in [1.54, 1.807) is 0 Å². The molecule has 59 heavy (non-hydrogen) atoms. The van der Waals surface area contributed by atoms with Crippen molar-refractivity contribution in [3.63, 3.8) is 0 Å². The van der Waals surface area contributed by atoms with Crippen LogP contribution in [0.1, 0.15) is 97.6 Å². The van der Waals surface area contributed by atoms with E-state index < -0.39 is 20.2 Å². The maximum atomic E-state index is 11.6. The summed E-state index contributed by atoms with van der Waals surface area (Å²) in [6, 6.07) is 25.8. The molecule has 0 radical (unpaired) electrons. The molecule has 0 bridgehead atoms. The second-order valence-corrected chi connectivity index (χ2v) is 21.2. The third kappa shape index (κ3) is 8.83. The summed E-state index contributed by atoms with van der Waals surface area (Å²) in [5.41, 5.74) is 9.60. The van der Waals surface area contributed by atoms with Crippen LogP contribution >= 0.6 is 0 Å². The minimum atomic E-state index is -4.03. The molecular formula is C49H60N2O6S2. The van der Waals surface area contributed by atoms with E-state index in [1.807, 2.05) is 0 Å². The molecule has 4 aromatic carbocycles. The van der Waals surface area contributed by atoms with Gasteiger partial charge in [0.2, 0.25) is 0 Å². The number of nitrogens with zero attached hydrogens (tertiary/aromatic N) is 2. The number of anilines is 2. The molecule has 314 valence electrons. The fourth-order valence-corrected chi connectivity index (χ4v) is 11.4. The van der Waals surface area contributed by atoms with E-state index in [1.165, 1.54) is 60.8 Å². The standard InChI is InChI=1S/C49H60N2O6S2/c1-34(2)45-37(24-28-43-48(3,4)46-39-20-9-7-16-35(39)22-26-41(46)50(43)30-11-13-32-58(52,53)54)18-15-19-38(45)25-29-44-49(5,6)47-40-21-10-8-17-36(40)23-27-42(47)51(44)31-12-14-33-59(55,56)57/h7-10,16-17,20-29,34,43H,11-15,18-19,30-33H2,1-6H3,(H,52,53,54)(H,55,56,57)/b28-24+,38-25+,44-29+. The van der Waals surface area contributed by atoms with Crippen LogP contribution in [0, 0.1) is 5.92 Å². The van der Waals surface area contributed by atoms with Crippen molar-refractivity contribution in [2.75, 3.05) is 34.4 Å². The van der Waals surface area contributed by atoms with Gasteiger partial charge >= 0.3 is 0 Å². The maximum absolute atomic E-state index is 11.6. The number of hydrogen-bond donors (Lipinski definition) is 2. The minimum Gasteiger partial charge on any atom is -0.364 e. The van der Waals surface area contributed by atoms with Gasteiger partial charge in [-0.05, 0) is 118 Å². The fourth-order valence-electron chi connectivity index (χ4n) is 10.3. The first kappa shape index (κ1) is 42.9. The minimum absolute atomic E-state index is 0.0356. The van der Waals surface area contributed by atoms with Crippen LogP contribution in [-0.4, -0.2) is 56.6 Å². The Kier molecular flexibility index (Phi) is 12.1. The monoisotopic (exact) mass is 836 g/mol. The average Bonchev–Trinajstić information content (AvgIpc) is 3.53. The summed E-state index contributed by atoms with van der Waals surface area (Å²) in [6.07, 6.45) is 14.4. The lowest BCUT2D eigenvalue weighted by Gasteiger charge is -2.33. The number of allylic oxidation sites excluding steroid dienone is 7. The third-order valence-electron chi connectivity index (χ3n) is 12.9. The predicted molar refractivity (Wildman–Crippen MR) is 245 cm³/mol. The van der Waals surface area contributed by atoms with Crippen LogP contribution in [0.3, 0.4) is 0 Å². The SMILES string of the molecule is CC(C)C1=C(/C=C/C2N(CCCCS(=O)(=O)O)c3ccc4ccccc4c3C2(C)C)CCC/C1=C\C=C1\N(CCCCS(=O)(=O)O)c2ccc3ccccc3c2C1(C)C. The Bertz CT molecular complexity index is 2600. The number of rotatable bonds is 14. The number of benzene rings is 4. The molecule has 0 fully saturated rings. The van der Waals surface area contributed by atoms with Crippen molar-refractivity contribution in [1.82, 2.24) is 0 Å². The molecule has 0 saturated heterocycles. The molecule has 10 heteroatoms. The van der Waals surface area contributed by atoms with Gasteiger partial charge in [-0.25, -0.2) is 0 Å². The Morgan fingerprint density at radius 1 is 0.712 bits per heavy atom. The lowest BCUT2D eigenvalue weighted by atomic mass is 9.77. The second-order valence-electron chi connectivity index (χ2n) is 18.0. The molecule has 1 atom stereocenters. The normalized spacial score (nSPS) is 20.6. The summed E-state index contributed by atoms with van der Waals surface area (Å²) >= 11 is 0. The van der Waals surface area contributed by atoms with E-state index in [2.05, 4.69) is 148 Å². The number of fused-ring (bicyclic) bond motifs is 6. The number of hydrogen-bond acceptors (Lipinski definition) is 6. The van der Waals surface area contributed by atoms with Crippen LogP contribution in [0.15, 0.2) is 120 Å². The molecule has 8 nitrogen and oxygen atoms in total. The lowest BCUT2D eigenvalue weighted by molar-refractivity contribution is 0.468. The van der Waals surface area contributed by atoms with Crippen LogP contribution in [0.25, 0.3) is 21.5 Å². The Balaban J connectivity index is 1.25. The van der Waals surface area contributed by atoms with Gasteiger partial charge in [-0.3, -0.25) is 9.11 Å². The zero-order valence-electron chi connectivity index (χ0n) is 35.4. The second kappa shape index (κ2) is 16.7. The van der Waals surface area contributed by atoms with Gasteiger partial charge in [-0.1, -0.05) is 120 Å². The Morgan fingerprint density at radius 3 is 1.90 bits per heavy atom. The first-order valence-electron chi connectivity index (χ1n) is 21.2. The van der Waals surface area contributed by atoms with E-state index in [-0.39, 0.29) is 28.4 Å². The average molecular weight is 837 g/mol. The van der Waals surface area contributed by atoms with Gasteiger partial charge in [0.25, 0.3) is 20.2 Å². The van der Waals surface area contributed by atoms with Gasteiger partial charge in [0.15, 0.2) is 0 Å². The summed E-state index contributed by atoms with van der Waals surface area (Å²) in [5, 5.41) is 4.86. The fraction of sp³-hybridized carbons (Fsp3) is 0.429. The van der Waals surface area contributed by atoms with Crippen LogP contribution in [0.2, 0.25) is 0 Å². The maximum Gasteiger partial charge on any atom is 0.264 e. The molecule has 0 spiro atoms. The van der Waals surface area contributed by atoms with Crippen molar-refractivity contribution in [2.24, 2.45) is 5.92 Å². The molecule has 2 heterocycles. The van der Waals surface area contributed by atoms with E-state index in [0.29, 0.717) is 44.7 Å². The van der Waals surface area contributed by atoms with Gasteiger partial charge in [0.1, 0.15) is 0 Å². The Hall–Kier alpha value is -4.22. The molecule has 0 amide bonds. The molecule has 0 saturated carbocycles. The first-order valence-corrected chi connectivity index (χ1v) is 24.4. The highest BCUT2D eigenvalue weighted by molar-refractivity contribution is 7.86. The summed E-state index contributed by atoms with van der Waals surface area (Å²) in [6.45, 7) is 15.1. The highest BCUT2D eigenvalue weighted by Crippen LogP contribution is 2.52. The topological polar surface area (TPSA) is 115 Å². The van der Waals surface area contributed by atoms with Gasteiger partial charge < -0.3 is 9.80 Å². The number of unbranched alkanes of at least 4 members (excludes halogenated alkanes) is 2. The highest BCUT2D eigenvalue weighted by Gasteiger charge is 2.44. The van der Waals surface area contributed by atoms with Gasteiger partial charge in [-0.15, -0.1) is 0 Å². The van der Waals surface area contributed by atoms with Gasteiger partial charge in [0, 0.05) is 41.0 Å². The summed E-state index contributed by atoms with van der Waals surface area (Å²) in [7, 11) is -8.05. The quantitative estimate of drug-likeness (QED) is 0.0953.